The van der Waals surface area contributed by atoms with Crippen molar-refractivity contribution in [3.05, 3.63) is 11.5 Å². The van der Waals surface area contributed by atoms with E-state index >= 15 is 0 Å². The first-order chi connectivity index (χ1) is 5.57. The highest BCUT2D eigenvalue weighted by atomic mass is 16.6. The van der Waals surface area contributed by atoms with E-state index in [2.05, 4.69) is 4.74 Å². The number of carbonyl (C=O) groups excluding carboxylic acids is 1. The molecule has 0 aliphatic carbocycles. The molecule has 1 aliphatic heterocycles. The summed E-state index contributed by atoms with van der Waals surface area (Å²) in [4.78, 5) is 10.5. The zero-order valence-corrected chi connectivity index (χ0v) is 5.93. The number of ether oxygens (including phenoxy) is 1. The molecular formula is C6H7O6-. The van der Waals surface area contributed by atoms with E-state index in [9.17, 15) is 9.90 Å². The third-order valence-corrected chi connectivity index (χ3v) is 1.46. The lowest BCUT2D eigenvalue weighted by atomic mass is 10.2. The van der Waals surface area contributed by atoms with Crippen LogP contribution in [0.15, 0.2) is 11.5 Å². The molecule has 68 valence electrons. The molecule has 0 fully saturated rings. The lowest BCUT2D eigenvalue weighted by molar-refractivity contribution is -0.303. The summed E-state index contributed by atoms with van der Waals surface area (Å²) < 4.78 is 4.25. The van der Waals surface area contributed by atoms with Gasteiger partial charge < -0.3 is 25.2 Å². The highest BCUT2D eigenvalue weighted by Crippen LogP contribution is 2.19. The first-order valence-electron chi connectivity index (χ1n) is 3.18. The van der Waals surface area contributed by atoms with E-state index in [4.69, 9.17) is 15.3 Å². The Balaban J connectivity index is 2.80. The predicted molar refractivity (Wildman–Crippen MR) is 32.6 cm³/mol. The normalized spacial score (nSPS) is 25.8. The van der Waals surface area contributed by atoms with Crippen LogP contribution in [0.1, 0.15) is 0 Å². The molecule has 0 spiro atoms. The topological polar surface area (TPSA) is 110 Å². The van der Waals surface area contributed by atoms with Gasteiger partial charge in [0.05, 0.1) is 6.61 Å². The van der Waals surface area contributed by atoms with E-state index in [-0.39, 0.29) is 0 Å². The van der Waals surface area contributed by atoms with E-state index in [1.165, 1.54) is 0 Å². The first-order valence-corrected chi connectivity index (χ1v) is 3.18. The number of esters is 1. The third kappa shape index (κ3) is 1.21. The van der Waals surface area contributed by atoms with Gasteiger partial charge in [-0.05, 0) is 0 Å². The van der Waals surface area contributed by atoms with E-state index < -0.39 is 36.3 Å². The van der Waals surface area contributed by atoms with Gasteiger partial charge in [-0.1, -0.05) is 0 Å². The fraction of sp³-hybridized carbons (Fsp3) is 0.500. The van der Waals surface area contributed by atoms with Crippen LogP contribution in [0.4, 0.5) is 0 Å². The highest BCUT2D eigenvalue weighted by Gasteiger charge is 2.34. The van der Waals surface area contributed by atoms with Gasteiger partial charge in [-0.2, -0.15) is 0 Å². The van der Waals surface area contributed by atoms with Crippen molar-refractivity contribution < 1.29 is 30.0 Å². The van der Waals surface area contributed by atoms with Crippen molar-refractivity contribution in [3.8, 4) is 0 Å². The predicted octanol–water partition coefficient (Wildman–Crippen LogP) is -2.61. The monoisotopic (exact) mass is 175 g/mol. The van der Waals surface area contributed by atoms with Gasteiger partial charge in [0, 0.05) is 5.76 Å². The lowest BCUT2D eigenvalue weighted by Crippen LogP contribution is -2.31. The van der Waals surface area contributed by atoms with Crippen molar-refractivity contribution in [2.45, 2.75) is 12.2 Å². The Labute approximate surface area is 67.3 Å². The molecule has 1 aliphatic rings. The van der Waals surface area contributed by atoms with Crippen molar-refractivity contribution in [1.82, 2.24) is 0 Å². The Kier molecular flexibility index (Phi) is 2.20. The van der Waals surface area contributed by atoms with Crippen LogP contribution in [0, 0.1) is 0 Å². The second-order valence-corrected chi connectivity index (χ2v) is 2.29. The zero-order valence-electron chi connectivity index (χ0n) is 5.93. The Morgan fingerprint density at radius 2 is 2.25 bits per heavy atom. The number of hydrogen-bond acceptors (Lipinski definition) is 6. The molecule has 1 heterocycles. The van der Waals surface area contributed by atoms with Gasteiger partial charge in [-0.15, -0.1) is 0 Å². The van der Waals surface area contributed by atoms with E-state index in [1.807, 2.05) is 0 Å². The molecule has 0 bridgehead atoms. The summed E-state index contributed by atoms with van der Waals surface area (Å²) in [5.74, 6) is -3.25. The fourth-order valence-electron chi connectivity index (χ4n) is 0.815. The summed E-state index contributed by atoms with van der Waals surface area (Å²) in [5.41, 5.74) is 0. The SMILES string of the molecule is O=C1OC(C(O)CO)C(O)=C1[O-]. The summed E-state index contributed by atoms with van der Waals surface area (Å²) in [6, 6.07) is 0. The molecule has 12 heavy (non-hydrogen) atoms. The molecule has 3 N–H and O–H groups in total. The molecule has 2 atom stereocenters. The summed E-state index contributed by atoms with van der Waals surface area (Å²) in [7, 11) is 0. The number of rotatable bonds is 2. The molecule has 2 unspecified atom stereocenters. The number of cyclic esters (lactones) is 1. The maximum Gasteiger partial charge on any atom is 0.327 e. The minimum absolute atomic E-state index is 0.699. The number of aliphatic hydroxyl groups is 3. The van der Waals surface area contributed by atoms with Crippen molar-refractivity contribution in [2.24, 2.45) is 0 Å². The third-order valence-electron chi connectivity index (χ3n) is 1.46. The van der Waals surface area contributed by atoms with Crippen molar-refractivity contribution in [2.75, 3.05) is 6.61 Å². The highest BCUT2D eigenvalue weighted by molar-refractivity contribution is 5.88. The van der Waals surface area contributed by atoms with E-state index in [1.54, 1.807) is 0 Å². The maximum absolute atomic E-state index is 10.6. The minimum atomic E-state index is -1.46. The van der Waals surface area contributed by atoms with Crippen LogP contribution < -0.4 is 5.11 Å². The van der Waals surface area contributed by atoms with Gasteiger partial charge >= 0.3 is 5.97 Å². The van der Waals surface area contributed by atoms with Crippen LogP contribution >= 0.6 is 0 Å². The van der Waals surface area contributed by atoms with Gasteiger partial charge in [0.25, 0.3) is 0 Å². The van der Waals surface area contributed by atoms with Crippen LogP contribution in [-0.4, -0.2) is 40.1 Å². The largest absolute Gasteiger partial charge is 0.865 e. The van der Waals surface area contributed by atoms with Crippen LogP contribution in [0.2, 0.25) is 0 Å². The lowest BCUT2D eigenvalue weighted by Gasteiger charge is -2.14. The standard InChI is InChI=1S/C6H8O6/c7-1-2(8)5-3(9)4(10)6(11)12-5/h2,5,7-10H,1H2/p-1. The van der Waals surface area contributed by atoms with Gasteiger partial charge in [-0.25, -0.2) is 4.79 Å². The first kappa shape index (κ1) is 8.82. The molecule has 6 heteroatoms. The van der Waals surface area contributed by atoms with Crippen LogP contribution in [0.3, 0.4) is 0 Å². The molecule has 6 nitrogen and oxygen atoms in total. The summed E-state index contributed by atoms with van der Waals surface area (Å²) in [6.07, 6.45) is -2.88. The molecule has 0 amide bonds. The smallest absolute Gasteiger partial charge is 0.327 e. The summed E-state index contributed by atoms with van der Waals surface area (Å²) in [5, 5.41) is 36.8. The van der Waals surface area contributed by atoms with E-state index in [0.29, 0.717) is 0 Å². The maximum atomic E-state index is 10.6. The zero-order chi connectivity index (χ0) is 9.30. The van der Waals surface area contributed by atoms with Gasteiger partial charge in [0.15, 0.2) is 6.10 Å². The number of hydrogen-bond donors (Lipinski definition) is 3. The average molecular weight is 175 g/mol. The van der Waals surface area contributed by atoms with Gasteiger partial charge in [-0.3, -0.25) is 0 Å². The van der Waals surface area contributed by atoms with Crippen molar-refractivity contribution in [3.63, 3.8) is 0 Å². The second-order valence-electron chi connectivity index (χ2n) is 2.29. The van der Waals surface area contributed by atoms with Crippen molar-refractivity contribution in [1.29, 1.82) is 0 Å². The van der Waals surface area contributed by atoms with Gasteiger partial charge in [0.1, 0.15) is 11.9 Å². The summed E-state index contributed by atoms with van der Waals surface area (Å²) in [6.45, 7) is -0.699. The molecule has 0 aromatic carbocycles. The second kappa shape index (κ2) is 3.00. The molecule has 1 rings (SSSR count). The van der Waals surface area contributed by atoms with Crippen molar-refractivity contribution >= 4 is 5.97 Å². The molecule has 0 aromatic heterocycles. The minimum Gasteiger partial charge on any atom is -0.865 e. The van der Waals surface area contributed by atoms with Gasteiger partial charge in [0.2, 0.25) is 0 Å². The fourth-order valence-corrected chi connectivity index (χ4v) is 0.815. The average Bonchev–Trinajstić information content (AvgIpc) is 2.32. The molecule has 0 saturated heterocycles. The summed E-state index contributed by atoms with van der Waals surface area (Å²) >= 11 is 0. The molecule has 0 radical (unpaired) electrons. The Hall–Kier alpha value is -1.27. The Morgan fingerprint density at radius 3 is 2.58 bits per heavy atom. The van der Waals surface area contributed by atoms with Crippen LogP contribution in [0.25, 0.3) is 0 Å². The number of aliphatic hydroxyl groups excluding tert-OH is 3. The molecule has 0 aromatic rings. The molecule has 0 saturated carbocycles. The number of carbonyl (C=O) groups is 1. The van der Waals surface area contributed by atoms with E-state index in [0.717, 1.165) is 0 Å². The Bertz CT molecular complexity index is 232. The van der Waals surface area contributed by atoms with Crippen LogP contribution in [0.5, 0.6) is 0 Å². The quantitative estimate of drug-likeness (QED) is 0.397. The Morgan fingerprint density at radius 1 is 1.67 bits per heavy atom. The van der Waals surface area contributed by atoms with Crippen LogP contribution in [-0.2, 0) is 9.53 Å². The molecular weight excluding hydrogens is 168 g/mol.